The summed E-state index contributed by atoms with van der Waals surface area (Å²) in [5.74, 6) is 0. The first-order valence-corrected chi connectivity index (χ1v) is 7.09. The van der Waals surface area contributed by atoms with Crippen LogP contribution in [0.4, 0.5) is 4.79 Å². The van der Waals surface area contributed by atoms with Gasteiger partial charge in [-0.3, -0.25) is 10.1 Å². The molecule has 1 aliphatic heterocycles. The molecule has 0 aliphatic carbocycles. The minimum atomic E-state index is -0.746. The first-order chi connectivity index (χ1) is 10.2. The fraction of sp³-hybridized carbons (Fsp3) is 0.0714. The highest BCUT2D eigenvalue weighted by molar-refractivity contribution is 7.10. The summed E-state index contributed by atoms with van der Waals surface area (Å²) in [5.41, 5.74) is 0.798. The van der Waals surface area contributed by atoms with E-state index < -0.39 is 17.0 Å². The molecule has 1 aliphatic rings. The van der Waals surface area contributed by atoms with Crippen molar-refractivity contribution in [3.05, 3.63) is 74.1 Å². The standard InChI is InChI=1S/C14H11N3O3S/c18-14-15-11(9-5-2-1-3-6-9)13(17(19)20)12(16-14)10-7-4-8-21-10/h1-8,12H,(H2,15,16,18). The van der Waals surface area contributed by atoms with Gasteiger partial charge in [-0.25, -0.2) is 4.79 Å². The van der Waals surface area contributed by atoms with Gasteiger partial charge in [-0.05, 0) is 11.4 Å². The summed E-state index contributed by atoms with van der Waals surface area (Å²) in [7, 11) is 0. The molecule has 2 amide bonds. The Morgan fingerprint density at radius 3 is 2.52 bits per heavy atom. The molecular formula is C14H11N3O3S. The third kappa shape index (κ3) is 2.50. The SMILES string of the molecule is O=C1NC(c2ccccc2)=C([N+](=O)[O-])C(c2cccs2)N1. The lowest BCUT2D eigenvalue weighted by molar-refractivity contribution is -0.430. The summed E-state index contributed by atoms with van der Waals surface area (Å²) in [6.45, 7) is 0. The number of thiophene rings is 1. The van der Waals surface area contributed by atoms with Gasteiger partial charge in [0.15, 0.2) is 6.04 Å². The van der Waals surface area contributed by atoms with Crippen LogP contribution in [0.15, 0.2) is 53.5 Å². The van der Waals surface area contributed by atoms with Crippen molar-refractivity contribution in [1.82, 2.24) is 10.6 Å². The molecule has 0 radical (unpaired) electrons. The van der Waals surface area contributed by atoms with Gasteiger partial charge in [0, 0.05) is 10.4 Å². The predicted octanol–water partition coefficient (Wildman–Crippen LogP) is 2.75. The Morgan fingerprint density at radius 1 is 1.14 bits per heavy atom. The first-order valence-electron chi connectivity index (χ1n) is 6.21. The van der Waals surface area contributed by atoms with E-state index in [0.29, 0.717) is 5.56 Å². The zero-order chi connectivity index (χ0) is 14.8. The monoisotopic (exact) mass is 301 g/mol. The molecule has 0 spiro atoms. The molecule has 0 saturated carbocycles. The fourth-order valence-electron chi connectivity index (χ4n) is 2.24. The van der Waals surface area contributed by atoms with Gasteiger partial charge in [-0.2, -0.15) is 0 Å². The number of nitrogens with one attached hydrogen (secondary N) is 2. The second-order valence-electron chi connectivity index (χ2n) is 4.43. The van der Waals surface area contributed by atoms with Crippen LogP contribution in [0.5, 0.6) is 0 Å². The molecule has 2 N–H and O–H groups in total. The van der Waals surface area contributed by atoms with Gasteiger partial charge >= 0.3 is 6.03 Å². The molecule has 6 nitrogen and oxygen atoms in total. The van der Waals surface area contributed by atoms with Gasteiger partial charge in [0.2, 0.25) is 0 Å². The van der Waals surface area contributed by atoms with Crippen LogP contribution in [0.1, 0.15) is 16.5 Å². The second kappa shape index (κ2) is 5.37. The Hall–Kier alpha value is -2.67. The van der Waals surface area contributed by atoms with Crippen molar-refractivity contribution < 1.29 is 9.72 Å². The third-order valence-corrected chi connectivity index (χ3v) is 4.07. The van der Waals surface area contributed by atoms with E-state index in [1.54, 1.807) is 36.4 Å². The second-order valence-corrected chi connectivity index (χ2v) is 5.41. The van der Waals surface area contributed by atoms with E-state index in [0.717, 1.165) is 4.88 Å². The summed E-state index contributed by atoms with van der Waals surface area (Å²) in [6, 6.07) is 11.2. The fourth-order valence-corrected chi connectivity index (χ4v) is 3.02. The van der Waals surface area contributed by atoms with Crippen LogP contribution in [-0.2, 0) is 0 Å². The van der Waals surface area contributed by atoms with Crippen LogP contribution in [0.3, 0.4) is 0 Å². The van der Waals surface area contributed by atoms with E-state index in [1.165, 1.54) is 11.3 Å². The normalized spacial score (nSPS) is 18.1. The molecule has 1 atom stereocenters. The molecule has 2 heterocycles. The lowest BCUT2D eigenvalue weighted by Crippen LogP contribution is -2.44. The number of amides is 2. The van der Waals surface area contributed by atoms with Crippen LogP contribution >= 0.6 is 11.3 Å². The largest absolute Gasteiger partial charge is 0.320 e. The number of hydrogen-bond donors (Lipinski definition) is 2. The molecule has 1 aromatic heterocycles. The predicted molar refractivity (Wildman–Crippen MR) is 79.1 cm³/mol. The van der Waals surface area contributed by atoms with Crippen molar-refractivity contribution in [2.75, 3.05) is 0 Å². The van der Waals surface area contributed by atoms with Gasteiger partial charge in [0.1, 0.15) is 5.70 Å². The maximum Gasteiger partial charge on any atom is 0.320 e. The quantitative estimate of drug-likeness (QED) is 0.675. The zero-order valence-electron chi connectivity index (χ0n) is 10.8. The number of benzene rings is 1. The van der Waals surface area contributed by atoms with E-state index in [9.17, 15) is 14.9 Å². The Bertz CT molecular complexity index is 710. The number of carbonyl (C=O) groups is 1. The molecule has 106 valence electrons. The number of hydrogen-bond acceptors (Lipinski definition) is 4. The number of urea groups is 1. The summed E-state index contributed by atoms with van der Waals surface area (Å²) < 4.78 is 0. The molecule has 1 aromatic carbocycles. The van der Waals surface area contributed by atoms with Gasteiger partial charge in [0.05, 0.1) is 4.92 Å². The van der Waals surface area contributed by atoms with Crippen molar-refractivity contribution >= 4 is 23.1 Å². The molecule has 2 aromatic rings. The van der Waals surface area contributed by atoms with Gasteiger partial charge in [0.25, 0.3) is 5.70 Å². The average molecular weight is 301 g/mol. The molecule has 1 unspecified atom stereocenters. The highest BCUT2D eigenvalue weighted by atomic mass is 32.1. The Balaban J connectivity index is 2.17. The highest BCUT2D eigenvalue weighted by Gasteiger charge is 2.38. The number of nitrogens with zero attached hydrogens (tertiary/aromatic N) is 1. The Kier molecular flexibility index (Phi) is 3.41. The minimum absolute atomic E-state index is 0.0525. The van der Waals surface area contributed by atoms with Crippen LogP contribution < -0.4 is 10.6 Å². The molecule has 7 heteroatoms. The smallest absolute Gasteiger partial charge is 0.320 e. The Morgan fingerprint density at radius 2 is 1.90 bits per heavy atom. The van der Waals surface area contributed by atoms with Gasteiger partial charge in [-0.1, -0.05) is 36.4 Å². The maximum atomic E-state index is 11.8. The van der Waals surface area contributed by atoms with E-state index in [4.69, 9.17) is 0 Å². The average Bonchev–Trinajstić information content (AvgIpc) is 3.01. The van der Waals surface area contributed by atoms with Crippen LogP contribution in [0.25, 0.3) is 5.70 Å². The lowest BCUT2D eigenvalue weighted by Gasteiger charge is -2.24. The molecule has 0 bridgehead atoms. The van der Waals surface area contributed by atoms with Crippen LogP contribution in [-0.4, -0.2) is 11.0 Å². The summed E-state index contributed by atoms with van der Waals surface area (Å²) in [4.78, 5) is 23.6. The topological polar surface area (TPSA) is 84.3 Å². The van der Waals surface area contributed by atoms with E-state index in [2.05, 4.69) is 10.6 Å². The van der Waals surface area contributed by atoms with E-state index >= 15 is 0 Å². The maximum absolute atomic E-state index is 11.8. The van der Waals surface area contributed by atoms with Crippen molar-refractivity contribution in [1.29, 1.82) is 0 Å². The molecule has 21 heavy (non-hydrogen) atoms. The van der Waals surface area contributed by atoms with E-state index in [1.807, 2.05) is 11.4 Å². The number of rotatable bonds is 3. The zero-order valence-corrected chi connectivity index (χ0v) is 11.6. The van der Waals surface area contributed by atoms with Crippen molar-refractivity contribution in [3.63, 3.8) is 0 Å². The number of nitro groups is 1. The summed E-state index contributed by atoms with van der Waals surface area (Å²) in [5, 5.41) is 18.5. The highest BCUT2D eigenvalue weighted by Crippen LogP contribution is 2.33. The van der Waals surface area contributed by atoms with Crippen molar-refractivity contribution in [2.24, 2.45) is 0 Å². The number of carbonyl (C=O) groups excluding carboxylic acids is 1. The molecule has 0 fully saturated rings. The lowest BCUT2D eigenvalue weighted by atomic mass is 10.0. The van der Waals surface area contributed by atoms with Crippen LogP contribution in [0, 0.1) is 10.1 Å². The van der Waals surface area contributed by atoms with Crippen LogP contribution in [0.2, 0.25) is 0 Å². The molecule has 3 rings (SSSR count). The minimum Gasteiger partial charge on any atom is -0.320 e. The first kappa shape index (κ1) is 13.3. The van der Waals surface area contributed by atoms with Crippen molar-refractivity contribution in [3.8, 4) is 0 Å². The summed E-state index contributed by atoms with van der Waals surface area (Å²) >= 11 is 1.37. The van der Waals surface area contributed by atoms with Gasteiger partial charge < -0.3 is 10.6 Å². The molecule has 0 saturated heterocycles. The molecular weight excluding hydrogens is 290 g/mol. The Labute approximate surface area is 124 Å². The van der Waals surface area contributed by atoms with Gasteiger partial charge in [-0.15, -0.1) is 11.3 Å². The summed E-state index contributed by atoms with van der Waals surface area (Å²) in [6.07, 6.45) is 0. The van der Waals surface area contributed by atoms with Crippen molar-refractivity contribution in [2.45, 2.75) is 6.04 Å². The third-order valence-electron chi connectivity index (χ3n) is 3.13. The van der Waals surface area contributed by atoms with E-state index in [-0.39, 0.29) is 11.4 Å².